The van der Waals surface area contributed by atoms with Crippen LogP contribution in [0.15, 0.2) is 57.7 Å². The van der Waals surface area contributed by atoms with Gasteiger partial charge in [-0.3, -0.25) is 24.0 Å². The number of likely N-dealkylation sites (N-methyl/N-ethyl adjacent to an activating group) is 1. The summed E-state index contributed by atoms with van der Waals surface area (Å²) in [5, 5.41) is 63.9. The van der Waals surface area contributed by atoms with E-state index in [2.05, 4.69) is 41.2 Å². The van der Waals surface area contributed by atoms with Crippen LogP contribution in [0.25, 0.3) is 49.3 Å². The summed E-state index contributed by atoms with van der Waals surface area (Å²) in [5.74, 6) is -7.01. The first-order valence-electron chi connectivity index (χ1n) is 28.4. The van der Waals surface area contributed by atoms with Crippen molar-refractivity contribution in [3.05, 3.63) is 112 Å². The van der Waals surface area contributed by atoms with Gasteiger partial charge in [0.15, 0.2) is 18.1 Å². The Morgan fingerprint density at radius 1 is 0.882 bits per heavy atom. The largest absolute Gasteiger partial charge is 0.506 e. The third-order valence-corrected chi connectivity index (χ3v) is 20.4. The smallest absolute Gasteiger partial charge is 0.358 e. The van der Waals surface area contributed by atoms with Crippen molar-refractivity contribution in [1.82, 2.24) is 60.8 Å². The number of pyridine rings is 1. The molecule has 35 heteroatoms. The fourth-order valence-corrected chi connectivity index (χ4v) is 15.7. The van der Waals surface area contributed by atoms with Gasteiger partial charge in [-0.1, -0.05) is 12.1 Å². The summed E-state index contributed by atoms with van der Waals surface area (Å²) >= 11 is 4.52. The fourth-order valence-electron chi connectivity index (χ4n) is 11.5. The summed E-state index contributed by atoms with van der Waals surface area (Å²) in [6.07, 6.45) is -6.25. The van der Waals surface area contributed by atoms with Crippen LogP contribution in [0.2, 0.25) is 0 Å². The molecule has 1 saturated heterocycles. The topological polar surface area (TPSA) is 415 Å². The van der Waals surface area contributed by atoms with Crippen molar-refractivity contribution in [2.24, 2.45) is 5.73 Å². The minimum atomic E-state index is -1.90. The van der Waals surface area contributed by atoms with E-state index in [1.807, 2.05) is 0 Å². The summed E-state index contributed by atoms with van der Waals surface area (Å²) in [5.41, 5.74) is 3.41. The van der Waals surface area contributed by atoms with E-state index in [1.54, 1.807) is 50.4 Å². The molecule has 0 spiro atoms. The zero-order chi connectivity index (χ0) is 66.1. The molecule has 10 N–H and O–H groups in total. The van der Waals surface area contributed by atoms with Gasteiger partial charge >= 0.3 is 11.9 Å². The van der Waals surface area contributed by atoms with Crippen molar-refractivity contribution in [1.29, 1.82) is 0 Å². The van der Waals surface area contributed by atoms with E-state index in [4.69, 9.17) is 44.1 Å². The van der Waals surface area contributed by atoms with E-state index in [0.29, 0.717) is 10.3 Å². The van der Waals surface area contributed by atoms with Gasteiger partial charge in [-0.05, 0) is 59.5 Å². The number of aromatic hydroxyl groups is 1. The van der Waals surface area contributed by atoms with Crippen LogP contribution in [0.5, 0.6) is 5.75 Å². The zero-order valence-electron chi connectivity index (χ0n) is 50.0. The number of nitrogens with zero attached hydrogens (tertiary/aromatic N) is 8. The molecule has 0 saturated carbocycles. The standard InChI is InChI=1S/C58H57N13O17S5/c1-21(72)37-50(78)68-38(22(2)83-7)54-65-31(20-92-54)48(76)69-41-43-44(88-35-12-58(4,81)45(70(5)6)23(3)87-35)57(80)85-14-24-9-8-10-32-36(24)26(15-84-43)42(71(32)82)56(79)86-16-27(61-49(77)34-13-60-53(41)93-34)52-62-28(17-90-52)39-25(51-64-30(19-89-51)47(75)67-37)11-33(73)40(66-39)55-63-29(18-91-55)46(59)74/h8-11,13,17-21,23,27,35,37,41,43-45,72-73,81-82H,12,14-16H2,1-7H3,(H2,59,74)(H,61,77)(H,67,75)(H,68,78)(H,69,76)/b38-22+/t21-,23+,27+,35+,37+,41+,43?,44+,45-,58+/m1/s1. The lowest BCUT2D eigenvalue weighted by Crippen LogP contribution is -2.62. The number of fused-ring (bicyclic) bond motifs is 15. The highest BCUT2D eigenvalue weighted by atomic mass is 32.1. The molecule has 1 fully saturated rings. The predicted octanol–water partition coefficient (Wildman–Crippen LogP) is 4.26. The number of thiazole rings is 5. The Morgan fingerprint density at radius 3 is 2.31 bits per heavy atom. The third kappa shape index (κ3) is 12.4. The maximum Gasteiger partial charge on any atom is 0.358 e. The van der Waals surface area contributed by atoms with E-state index in [0.717, 1.165) is 56.7 Å². The number of carbonyl (C=O) groups is 7. The number of methoxy groups -OCH3 is 1. The van der Waals surface area contributed by atoms with E-state index < -0.39 is 133 Å². The number of nitrogens with one attached hydrogen (secondary N) is 4. The number of benzene rings is 1. The molecule has 4 aliphatic rings. The number of rotatable bonds is 7. The first-order valence-corrected chi connectivity index (χ1v) is 32.7. The number of nitrogens with two attached hydrogens (primary N) is 1. The number of cyclic esters (lactones) is 2. The molecule has 10 atom stereocenters. The number of ether oxygens (including phenoxy) is 6. The normalized spacial score (nSPS) is 24.8. The van der Waals surface area contributed by atoms with Crippen LogP contribution in [-0.4, -0.2) is 178 Å². The molecular formula is C58H57N13O17S5. The van der Waals surface area contributed by atoms with Crippen molar-refractivity contribution in [3.8, 4) is 38.4 Å². The first-order chi connectivity index (χ1) is 44.4. The number of amides is 5. The van der Waals surface area contributed by atoms with E-state index in [1.165, 1.54) is 55.4 Å². The second-order valence-corrected chi connectivity index (χ2v) is 26.9. The van der Waals surface area contributed by atoms with Crippen molar-refractivity contribution in [3.63, 3.8) is 0 Å². The number of aliphatic hydroxyl groups excluding tert-OH is 1. The fraction of sp³-hybridized carbons (Fsp3) is 0.362. The molecule has 30 nitrogen and oxygen atoms in total. The highest BCUT2D eigenvalue weighted by Crippen LogP contribution is 2.43. The number of primary amides is 1. The number of esters is 2. The second kappa shape index (κ2) is 25.6. The Labute approximate surface area is 546 Å². The third-order valence-electron chi connectivity index (χ3n) is 15.8. The van der Waals surface area contributed by atoms with E-state index in [9.17, 15) is 44.5 Å². The number of aromatic nitrogens is 7. The Morgan fingerprint density at radius 2 is 1.60 bits per heavy atom. The predicted molar refractivity (Wildman–Crippen MR) is 333 cm³/mol. The molecule has 8 aromatic rings. The Kier molecular flexibility index (Phi) is 17.7. The number of hydrogen-bond acceptors (Lipinski definition) is 29. The van der Waals surface area contributed by atoms with Gasteiger partial charge in [0.2, 0.25) is 5.91 Å². The van der Waals surface area contributed by atoms with Gasteiger partial charge in [0, 0.05) is 44.5 Å². The van der Waals surface area contributed by atoms with Crippen molar-refractivity contribution in [2.75, 3.05) is 27.8 Å². The van der Waals surface area contributed by atoms with Crippen LogP contribution >= 0.6 is 56.7 Å². The SMILES string of the molecule is CO/C(C)=C1/NC(=O)[C@H]([C@@H](C)O)NC(=O)c2csc(n2)-c2cc(O)c(-c3nc(C(N)=O)cs3)nc2-c2csc(n2)[C@@H]2COC(=O)c3c4c5c(cccc5n3O)COC(=O)[C@@H](O[C@H]3C[C@](C)(O)[C@H](N(C)C)[C@H](C)O3)C(OC4)[C@H](NC(=O)c3csc1n3)c1ncc(s1)C(=O)N2. The van der Waals surface area contributed by atoms with Crippen LogP contribution in [0.3, 0.4) is 0 Å². The Balaban J connectivity index is 1.05. The second-order valence-electron chi connectivity index (χ2n) is 22.4. The van der Waals surface area contributed by atoms with Gasteiger partial charge in [0.25, 0.3) is 23.6 Å². The summed E-state index contributed by atoms with van der Waals surface area (Å²) in [7, 11) is 4.86. The molecule has 4 aliphatic heterocycles. The molecule has 1 unspecified atom stereocenters. The lowest BCUT2D eigenvalue weighted by Gasteiger charge is -2.48. The van der Waals surface area contributed by atoms with Crippen LogP contribution in [0.1, 0.15) is 124 Å². The van der Waals surface area contributed by atoms with Crippen LogP contribution in [0.4, 0.5) is 0 Å². The first kappa shape index (κ1) is 64.4. The average molecular weight is 1370 g/mol. The summed E-state index contributed by atoms with van der Waals surface area (Å²) in [6, 6.07) is 0.810. The monoisotopic (exact) mass is 1370 g/mol. The average Bonchev–Trinajstić information content (AvgIpc) is 1.67. The molecule has 5 amide bonds. The molecule has 0 aliphatic carbocycles. The lowest BCUT2D eigenvalue weighted by atomic mass is 9.85. The Bertz CT molecular complexity index is 4360. The van der Waals surface area contributed by atoms with Crippen molar-refractivity contribution >= 4 is 115 Å². The number of aliphatic hydroxyl groups is 2. The maximum absolute atomic E-state index is 15.1. The molecule has 12 bridgehead atoms. The summed E-state index contributed by atoms with van der Waals surface area (Å²) in [4.78, 5) is 130. The zero-order valence-corrected chi connectivity index (χ0v) is 54.1. The van der Waals surface area contributed by atoms with E-state index >= 15 is 9.59 Å². The molecule has 486 valence electrons. The van der Waals surface area contributed by atoms with E-state index in [-0.39, 0.29) is 104 Å². The van der Waals surface area contributed by atoms with Gasteiger partial charge in [-0.25, -0.2) is 39.5 Å². The van der Waals surface area contributed by atoms with Crippen molar-refractivity contribution < 1.29 is 82.5 Å². The van der Waals surface area contributed by atoms with Crippen LogP contribution in [-0.2, 0) is 51.2 Å². The van der Waals surface area contributed by atoms with Gasteiger partial charge in [0.1, 0.15) is 119 Å². The van der Waals surface area contributed by atoms with Crippen molar-refractivity contribution in [2.45, 2.75) is 108 Å². The van der Waals surface area contributed by atoms with Gasteiger partial charge in [-0.15, -0.1) is 56.7 Å². The van der Waals surface area contributed by atoms with Gasteiger partial charge < -0.3 is 80.8 Å². The molecular weight excluding hydrogens is 1310 g/mol. The molecule has 1 aromatic carbocycles. The molecule has 11 heterocycles. The minimum Gasteiger partial charge on any atom is -0.506 e. The highest BCUT2D eigenvalue weighted by molar-refractivity contribution is 7.14. The quantitative estimate of drug-likeness (QED) is 0.0611. The lowest BCUT2D eigenvalue weighted by molar-refractivity contribution is -0.280. The van der Waals surface area contributed by atoms with Gasteiger partial charge in [-0.2, -0.15) is 4.73 Å². The number of hydrogen-bond donors (Lipinski definition) is 9. The summed E-state index contributed by atoms with van der Waals surface area (Å²) in [6.45, 7) is 4.34. The molecule has 7 aromatic heterocycles. The number of allylic oxidation sites excluding steroid dienone is 1. The highest BCUT2D eigenvalue weighted by Gasteiger charge is 2.50. The number of carbonyl (C=O) groups excluding carboxylic acids is 7. The molecule has 12 rings (SSSR count). The maximum atomic E-state index is 15.1. The van der Waals surface area contributed by atoms with Crippen LogP contribution < -0.4 is 27.0 Å². The minimum absolute atomic E-state index is 0.00497. The molecule has 0 radical (unpaired) electrons. The Hall–Kier alpha value is -8.75. The molecule has 93 heavy (non-hydrogen) atoms. The summed E-state index contributed by atoms with van der Waals surface area (Å²) < 4.78 is 38.2. The van der Waals surface area contributed by atoms with Crippen LogP contribution in [0, 0.1) is 0 Å². The van der Waals surface area contributed by atoms with Gasteiger partial charge in [0.05, 0.1) is 49.3 Å².